The van der Waals surface area contributed by atoms with Gasteiger partial charge in [-0.1, -0.05) is 20.8 Å². The van der Waals surface area contributed by atoms with Crippen molar-refractivity contribution in [2.75, 3.05) is 45.2 Å². The molecule has 2 aromatic rings. The second-order valence-electron chi connectivity index (χ2n) is 8.16. The summed E-state index contributed by atoms with van der Waals surface area (Å²) in [7, 11) is 1.99. The zero-order valence-electron chi connectivity index (χ0n) is 19.9. The third kappa shape index (κ3) is 5.78. The van der Waals surface area contributed by atoms with Gasteiger partial charge in [0.1, 0.15) is 11.6 Å². The Morgan fingerprint density at radius 3 is 2.48 bits per heavy atom. The molecule has 0 aliphatic carbocycles. The van der Waals surface area contributed by atoms with E-state index in [1.54, 1.807) is 23.1 Å². The lowest BCUT2D eigenvalue weighted by molar-refractivity contribution is -0.144. The van der Waals surface area contributed by atoms with Gasteiger partial charge in [0.05, 0.1) is 17.9 Å². The molecule has 1 aliphatic heterocycles. The van der Waals surface area contributed by atoms with Crippen LogP contribution in [-0.2, 0) is 22.4 Å². The quantitative estimate of drug-likeness (QED) is 0.619. The summed E-state index contributed by atoms with van der Waals surface area (Å²) >= 11 is 0. The smallest absolute Gasteiger partial charge is 0.313 e. The summed E-state index contributed by atoms with van der Waals surface area (Å²) in [6.45, 7) is 8.90. The van der Waals surface area contributed by atoms with E-state index in [-0.39, 0.29) is 5.56 Å². The zero-order chi connectivity index (χ0) is 24.0. The van der Waals surface area contributed by atoms with Crippen LogP contribution in [0.5, 0.6) is 5.75 Å². The number of H-pyrrole nitrogens is 1. The van der Waals surface area contributed by atoms with E-state index >= 15 is 0 Å². The van der Waals surface area contributed by atoms with Crippen molar-refractivity contribution in [1.29, 1.82) is 0 Å². The molecule has 9 nitrogen and oxygen atoms in total. The molecule has 0 saturated carbocycles. The molecule has 1 saturated heterocycles. The number of hydrogen-bond donors (Lipinski definition) is 2. The summed E-state index contributed by atoms with van der Waals surface area (Å²) in [5.41, 5.74) is 2.21. The van der Waals surface area contributed by atoms with Crippen LogP contribution in [0.25, 0.3) is 11.4 Å². The summed E-state index contributed by atoms with van der Waals surface area (Å²) < 4.78 is 5.87. The van der Waals surface area contributed by atoms with Crippen LogP contribution < -0.4 is 15.6 Å². The van der Waals surface area contributed by atoms with E-state index in [2.05, 4.69) is 20.2 Å². The lowest BCUT2D eigenvalue weighted by Gasteiger charge is -2.31. The number of ether oxygens (including phenoxy) is 1. The van der Waals surface area contributed by atoms with Crippen LogP contribution in [0.3, 0.4) is 0 Å². The largest absolute Gasteiger partial charge is 0.493 e. The SMILES string of the molecule is CCCOc1ccc(NC(=O)C(=O)N2CCN(C)CC2)cc1-c1nc(CC)c(CC)c(=O)[nH]1. The number of carbonyl (C=O) groups excluding carboxylic acids is 2. The minimum Gasteiger partial charge on any atom is -0.493 e. The van der Waals surface area contributed by atoms with Crippen LogP contribution in [0.2, 0.25) is 0 Å². The van der Waals surface area contributed by atoms with Crippen LogP contribution in [0.1, 0.15) is 38.4 Å². The molecule has 0 unspecified atom stereocenters. The van der Waals surface area contributed by atoms with Crippen LogP contribution in [0.4, 0.5) is 5.69 Å². The maximum absolute atomic E-state index is 12.6. The number of rotatable bonds is 7. The topological polar surface area (TPSA) is 108 Å². The van der Waals surface area contributed by atoms with E-state index in [0.717, 1.165) is 25.2 Å². The molecule has 2 amide bonds. The van der Waals surface area contributed by atoms with E-state index in [1.165, 1.54) is 0 Å². The van der Waals surface area contributed by atoms with Crippen LogP contribution in [0, 0.1) is 0 Å². The van der Waals surface area contributed by atoms with Crippen molar-refractivity contribution < 1.29 is 14.3 Å². The van der Waals surface area contributed by atoms with Crippen molar-refractivity contribution in [3.05, 3.63) is 39.8 Å². The van der Waals surface area contributed by atoms with Gasteiger partial charge >= 0.3 is 11.8 Å². The molecule has 2 N–H and O–H groups in total. The van der Waals surface area contributed by atoms with Gasteiger partial charge in [-0.05, 0) is 44.5 Å². The second-order valence-corrected chi connectivity index (χ2v) is 8.16. The molecule has 178 valence electrons. The molecule has 2 heterocycles. The standard InChI is InChI=1S/C24H33N5O4/c1-5-14-33-20-9-8-16(25-23(31)24(32)29-12-10-28(4)11-13-29)15-18(20)21-26-19(7-3)17(6-2)22(30)27-21/h8-9,15H,5-7,10-14H2,1-4H3,(H,25,31)(H,26,27,30). The number of aryl methyl sites for hydroxylation is 1. The van der Waals surface area contributed by atoms with Gasteiger partial charge in [0.25, 0.3) is 5.56 Å². The first-order chi connectivity index (χ1) is 15.9. The van der Waals surface area contributed by atoms with Crippen molar-refractivity contribution in [1.82, 2.24) is 19.8 Å². The fourth-order valence-electron chi connectivity index (χ4n) is 3.80. The summed E-state index contributed by atoms with van der Waals surface area (Å²) in [4.78, 5) is 49.0. The molecule has 9 heteroatoms. The summed E-state index contributed by atoms with van der Waals surface area (Å²) in [5, 5.41) is 2.69. The van der Waals surface area contributed by atoms with Gasteiger partial charge in [0.15, 0.2) is 0 Å². The third-order valence-electron chi connectivity index (χ3n) is 5.73. The van der Waals surface area contributed by atoms with Gasteiger partial charge in [0.2, 0.25) is 0 Å². The molecule has 1 aliphatic rings. The van der Waals surface area contributed by atoms with Gasteiger partial charge in [-0.15, -0.1) is 0 Å². The number of nitrogens with zero attached hydrogens (tertiary/aromatic N) is 3. The van der Waals surface area contributed by atoms with E-state index in [1.807, 2.05) is 27.8 Å². The highest BCUT2D eigenvalue weighted by molar-refractivity contribution is 6.39. The predicted octanol–water partition coefficient (Wildman–Crippen LogP) is 2.06. The minimum absolute atomic E-state index is 0.180. The molecule has 33 heavy (non-hydrogen) atoms. The Balaban J connectivity index is 1.90. The Bertz CT molecular complexity index is 1060. The van der Waals surface area contributed by atoms with Gasteiger partial charge in [0, 0.05) is 37.4 Å². The fourth-order valence-corrected chi connectivity index (χ4v) is 3.80. The zero-order valence-corrected chi connectivity index (χ0v) is 19.9. The lowest BCUT2D eigenvalue weighted by Crippen LogP contribution is -2.50. The number of benzene rings is 1. The van der Waals surface area contributed by atoms with Crippen molar-refractivity contribution >= 4 is 17.5 Å². The Labute approximate surface area is 194 Å². The third-order valence-corrected chi connectivity index (χ3v) is 5.73. The molecule has 0 bridgehead atoms. The molecule has 1 fully saturated rings. The van der Waals surface area contributed by atoms with E-state index in [9.17, 15) is 14.4 Å². The average Bonchev–Trinajstić information content (AvgIpc) is 2.82. The maximum atomic E-state index is 12.6. The van der Waals surface area contributed by atoms with Crippen molar-refractivity contribution in [3.63, 3.8) is 0 Å². The average molecular weight is 456 g/mol. The minimum atomic E-state index is -0.690. The molecular formula is C24H33N5O4. The van der Waals surface area contributed by atoms with E-state index in [4.69, 9.17) is 4.74 Å². The number of aromatic amines is 1. The number of carbonyl (C=O) groups is 2. The molecule has 1 aromatic carbocycles. The first-order valence-corrected chi connectivity index (χ1v) is 11.6. The van der Waals surface area contributed by atoms with Crippen LogP contribution in [0.15, 0.2) is 23.0 Å². The van der Waals surface area contributed by atoms with E-state index in [0.29, 0.717) is 60.9 Å². The van der Waals surface area contributed by atoms with E-state index < -0.39 is 11.8 Å². The number of anilines is 1. The highest BCUT2D eigenvalue weighted by Crippen LogP contribution is 2.31. The number of nitrogens with one attached hydrogen (secondary N) is 2. The fraction of sp³-hybridized carbons (Fsp3) is 0.500. The Morgan fingerprint density at radius 1 is 1.12 bits per heavy atom. The number of piperazine rings is 1. The van der Waals surface area contributed by atoms with Gasteiger partial charge < -0.3 is 24.8 Å². The van der Waals surface area contributed by atoms with Crippen molar-refractivity contribution in [3.8, 4) is 17.1 Å². The van der Waals surface area contributed by atoms with Crippen molar-refractivity contribution in [2.24, 2.45) is 0 Å². The summed E-state index contributed by atoms with van der Waals surface area (Å²) in [6.07, 6.45) is 2.03. The molecular weight excluding hydrogens is 422 g/mol. The van der Waals surface area contributed by atoms with Crippen LogP contribution >= 0.6 is 0 Å². The first kappa shape index (κ1) is 24.4. The monoisotopic (exact) mass is 455 g/mol. The Morgan fingerprint density at radius 2 is 1.85 bits per heavy atom. The number of hydrogen-bond acceptors (Lipinski definition) is 6. The predicted molar refractivity (Wildman–Crippen MR) is 128 cm³/mol. The molecule has 0 atom stereocenters. The van der Waals surface area contributed by atoms with Gasteiger partial charge in [-0.3, -0.25) is 14.4 Å². The molecule has 0 radical (unpaired) electrons. The Hall–Kier alpha value is -3.20. The lowest BCUT2D eigenvalue weighted by atomic mass is 10.1. The molecule has 0 spiro atoms. The molecule has 1 aromatic heterocycles. The first-order valence-electron chi connectivity index (χ1n) is 11.6. The summed E-state index contributed by atoms with van der Waals surface area (Å²) in [6, 6.07) is 5.09. The Kier molecular flexibility index (Phi) is 8.21. The van der Waals surface area contributed by atoms with Crippen LogP contribution in [-0.4, -0.2) is 71.4 Å². The molecule has 3 rings (SSSR count). The highest BCUT2D eigenvalue weighted by Gasteiger charge is 2.25. The maximum Gasteiger partial charge on any atom is 0.313 e. The summed E-state index contributed by atoms with van der Waals surface area (Å²) in [5.74, 6) is -0.316. The van der Waals surface area contributed by atoms with Gasteiger partial charge in [-0.2, -0.15) is 0 Å². The normalized spacial score (nSPS) is 14.2. The highest BCUT2D eigenvalue weighted by atomic mass is 16.5. The van der Waals surface area contributed by atoms with Gasteiger partial charge in [-0.25, -0.2) is 4.98 Å². The number of aromatic nitrogens is 2. The number of likely N-dealkylation sites (N-methyl/N-ethyl adjacent to an activating group) is 1. The number of amides is 2. The van der Waals surface area contributed by atoms with Crippen molar-refractivity contribution in [2.45, 2.75) is 40.0 Å². The second kappa shape index (κ2) is 11.1.